The number of carbonyl (C=O) groups is 2. The number of aromatic nitrogens is 9. The van der Waals surface area contributed by atoms with Crippen molar-refractivity contribution in [2.75, 3.05) is 11.5 Å². The molecule has 0 saturated carbocycles. The van der Waals surface area contributed by atoms with Gasteiger partial charge in [0, 0.05) is 75.3 Å². The number of halogens is 1. The van der Waals surface area contributed by atoms with Crippen molar-refractivity contribution >= 4 is 68.2 Å². The SMILES string of the molecule is CC(NC(=O)c1c(N)nn2cccnc12)c1cc2cccc(Cl)c2nc1-c1ccccc1.Cc1cc(-c2cccc3cc(C(C)NC(=O)c4c(N)nn5cccnc45)c(-c4ccccc4)nc23)ccn1. The zero-order valence-electron chi connectivity index (χ0n) is 38.1. The fourth-order valence-electron chi connectivity index (χ4n) is 8.59. The highest BCUT2D eigenvalue weighted by atomic mass is 35.5. The number of anilines is 2. The van der Waals surface area contributed by atoms with Crippen LogP contribution >= 0.6 is 11.6 Å². The van der Waals surface area contributed by atoms with E-state index in [1.807, 2.05) is 130 Å². The first-order valence-corrected chi connectivity index (χ1v) is 22.8. The van der Waals surface area contributed by atoms with E-state index in [4.69, 9.17) is 33.0 Å². The molecule has 0 aliphatic heterocycles. The predicted molar refractivity (Wildman–Crippen MR) is 274 cm³/mol. The van der Waals surface area contributed by atoms with Crippen molar-refractivity contribution in [3.05, 3.63) is 197 Å². The van der Waals surface area contributed by atoms with Crippen LogP contribution in [0.5, 0.6) is 0 Å². The zero-order valence-corrected chi connectivity index (χ0v) is 38.9. The van der Waals surface area contributed by atoms with Crippen LogP contribution in [0.1, 0.15) is 63.5 Å². The molecule has 344 valence electrons. The number of fused-ring (bicyclic) bond motifs is 4. The minimum absolute atomic E-state index is 0.125. The molecule has 7 heterocycles. The zero-order chi connectivity index (χ0) is 48.5. The van der Waals surface area contributed by atoms with Crippen LogP contribution in [0.3, 0.4) is 0 Å². The lowest BCUT2D eigenvalue weighted by atomic mass is 9.95. The maximum atomic E-state index is 13.4. The first-order valence-electron chi connectivity index (χ1n) is 22.4. The molecular weight excluding hydrogens is 898 g/mol. The minimum Gasteiger partial charge on any atom is -0.381 e. The summed E-state index contributed by atoms with van der Waals surface area (Å²) in [5.74, 6) is -0.441. The maximum Gasteiger partial charge on any atom is 0.259 e. The number of nitrogens with zero attached hydrogens (tertiary/aromatic N) is 9. The number of aryl methyl sites for hydroxylation is 1. The number of nitrogen functional groups attached to an aromatic ring is 2. The maximum absolute atomic E-state index is 13.4. The Bertz CT molecular complexity index is 3770. The summed E-state index contributed by atoms with van der Waals surface area (Å²) in [6.45, 7) is 5.83. The monoisotopic (exact) mass is 941 g/mol. The van der Waals surface area contributed by atoms with Crippen LogP contribution in [-0.4, -0.2) is 56.0 Å². The molecule has 0 aliphatic carbocycles. The summed E-state index contributed by atoms with van der Waals surface area (Å²) in [6.07, 6.45) is 8.43. The van der Waals surface area contributed by atoms with Crippen LogP contribution in [0.4, 0.5) is 11.6 Å². The third kappa shape index (κ3) is 8.68. The molecule has 7 aromatic heterocycles. The molecule has 2 atom stereocenters. The molecule has 4 aromatic carbocycles. The molecule has 0 spiro atoms. The number of nitrogens with one attached hydrogen (secondary N) is 2. The van der Waals surface area contributed by atoms with Crippen molar-refractivity contribution in [2.45, 2.75) is 32.9 Å². The lowest BCUT2D eigenvalue weighted by Crippen LogP contribution is -2.28. The normalized spacial score (nSPS) is 12.1. The lowest BCUT2D eigenvalue weighted by molar-refractivity contribution is 0.0933. The molecule has 0 saturated heterocycles. The second kappa shape index (κ2) is 18.9. The van der Waals surface area contributed by atoms with E-state index in [2.05, 4.69) is 54.0 Å². The van der Waals surface area contributed by atoms with Crippen molar-refractivity contribution in [1.82, 2.24) is 54.8 Å². The molecule has 0 aliphatic rings. The van der Waals surface area contributed by atoms with Gasteiger partial charge < -0.3 is 22.1 Å². The van der Waals surface area contributed by atoms with E-state index in [1.165, 1.54) is 9.03 Å². The summed E-state index contributed by atoms with van der Waals surface area (Å²) in [4.78, 5) is 49.5. The number of amides is 2. The van der Waals surface area contributed by atoms with Gasteiger partial charge >= 0.3 is 0 Å². The van der Waals surface area contributed by atoms with Gasteiger partial charge in [-0.3, -0.25) is 14.6 Å². The standard InChI is InChI=1S/C30H25N7O.C24H19ClN6O/c1-18-16-21(12-14-32-18)23-11-6-10-22-17-24(26(35-27(22)23)20-8-4-3-5-9-20)19(2)34-30(38)25-28(31)36-37-15-7-13-33-29(25)37;1-14(28-24(32)19-22(26)30-31-12-6-11-27-23(19)31)17-13-16-9-5-10-18(25)21(16)29-20(17)15-7-3-2-4-8-15/h3-17,19H,1-2H3,(H2,31,36)(H,34,38);2-14H,1H3,(H2,26,30)(H,28,32). The summed E-state index contributed by atoms with van der Waals surface area (Å²) >= 11 is 6.41. The summed E-state index contributed by atoms with van der Waals surface area (Å²) < 4.78 is 2.99. The number of pyridine rings is 3. The van der Waals surface area contributed by atoms with Gasteiger partial charge in [-0.25, -0.2) is 29.0 Å². The van der Waals surface area contributed by atoms with Crippen molar-refractivity contribution in [2.24, 2.45) is 0 Å². The van der Waals surface area contributed by atoms with Gasteiger partial charge in [0.15, 0.2) is 22.9 Å². The van der Waals surface area contributed by atoms with Gasteiger partial charge in [-0.1, -0.05) is 103 Å². The number of para-hydroxylation sites is 2. The lowest BCUT2D eigenvalue weighted by Gasteiger charge is -2.19. The summed E-state index contributed by atoms with van der Waals surface area (Å²) in [5.41, 5.74) is 23.3. The van der Waals surface area contributed by atoms with Crippen LogP contribution in [0.25, 0.3) is 66.7 Å². The average molecular weight is 942 g/mol. The fraction of sp³-hybridized carbons (Fsp3) is 0.0926. The number of carbonyl (C=O) groups excluding carboxylic acids is 2. The molecule has 0 bridgehead atoms. The first-order chi connectivity index (χ1) is 34.0. The quantitative estimate of drug-likeness (QED) is 0.107. The predicted octanol–water partition coefficient (Wildman–Crippen LogP) is 10.1. The summed E-state index contributed by atoms with van der Waals surface area (Å²) in [6, 6.07) is 42.5. The second-order valence-corrected chi connectivity index (χ2v) is 17.1. The van der Waals surface area contributed by atoms with Gasteiger partial charge in [0.2, 0.25) is 0 Å². The summed E-state index contributed by atoms with van der Waals surface area (Å²) in [5, 5.41) is 17.0. The molecule has 70 heavy (non-hydrogen) atoms. The van der Waals surface area contributed by atoms with Gasteiger partial charge in [0.05, 0.1) is 39.5 Å². The van der Waals surface area contributed by atoms with Gasteiger partial charge in [0.1, 0.15) is 11.1 Å². The van der Waals surface area contributed by atoms with E-state index in [0.29, 0.717) is 21.8 Å². The van der Waals surface area contributed by atoms with E-state index >= 15 is 0 Å². The number of hydrogen-bond acceptors (Lipinski definition) is 11. The molecule has 16 heteroatoms. The van der Waals surface area contributed by atoms with Gasteiger partial charge in [-0.05, 0) is 68.8 Å². The molecule has 0 radical (unpaired) electrons. The summed E-state index contributed by atoms with van der Waals surface area (Å²) in [7, 11) is 0. The van der Waals surface area contributed by atoms with Crippen molar-refractivity contribution < 1.29 is 9.59 Å². The van der Waals surface area contributed by atoms with Crippen LogP contribution in [0.15, 0.2) is 164 Å². The van der Waals surface area contributed by atoms with Gasteiger partial charge in [-0.2, -0.15) is 0 Å². The van der Waals surface area contributed by atoms with Crippen LogP contribution in [0.2, 0.25) is 5.02 Å². The Kier molecular flexibility index (Phi) is 12.1. The third-order valence-electron chi connectivity index (χ3n) is 11.9. The largest absolute Gasteiger partial charge is 0.381 e. The van der Waals surface area contributed by atoms with E-state index in [9.17, 15) is 9.59 Å². The molecule has 11 aromatic rings. The van der Waals surface area contributed by atoms with E-state index in [-0.39, 0.29) is 46.7 Å². The van der Waals surface area contributed by atoms with E-state index in [0.717, 1.165) is 66.8 Å². The van der Waals surface area contributed by atoms with E-state index in [1.54, 1.807) is 36.9 Å². The Morgan fingerprint density at radius 1 is 0.557 bits per heavy atom. The van der Waals surface area contributed by atoms with Crippen LogP contribution in [-0.2, 0) is 0 Å². The second-order valence-electron chi connectivity index (χ2n) is 16.6. The minimum atomic E-state index is -0.375. The molecule has 11 rings (SSSR count). The number of hydrogen-bond donors (Lipinski definition) is 4. The third-order valence-corrected chi connectivity index (χ3v) is 12.2. The Morgan fingerprint density at radius 3 is 1.59 bits per heavy atom. The van der Waals surface area contributed by atoms with Gasteiger partial charge in [0.25, 0.3) is 11.8 Å². The van der Waals surface area contributed by atoms with Crippen molar-refractivity contribution in [1.29, 1.82) is 0 Å². The number of rotatable bonds is 9. The molecule has 2 amide bonds. The molecular formula is C54H44ClN13O2. The van der Waals surface area contributed by atoms with E-state index < -0.39 is 0 Å². The van der Waals surface area contributed by atoms with Crippen LogP contribution < -0.4 is 22.1 Å². The molecule has 2 unspecified atom stereocenters. The number of benzene rings is 4. The molecule has 6 N–H and O–H groups in total. The highest BCUT2D eigenvalue weighted by molar-refractivity contribution is 6.35. The Balaban J connectivity index is 0.000000165. The topological polar surface area (TPSA) is 209 Å². The van der Waals surface area contributed by atoms with Crippen molar-refractivity contribution in [3.8, 4) is 33.6 Å². The highest BCUT2D eigenvalue weighted by Crippen LogP contribution is 2.36. The smallest absolute Gasteiger partial charge is 0.259 e. The van der Waals surface area contributed by atoms with Gasteiger partial charge in [-0.15, -0.1) is 10.2 Å². The Labute approximate surface area is 406 Å². The van der Waals surface area contributed by atoms with Crippen LogP contribution in [0, 0.1) is 6.92 Å². The molecule has 0 fully saturated rings. The first kappa shape index (κ1) is 44.7. The Morgan fingerprint density at radius 2 is 1.06 bits per heavy atom. The fourth-order valence-corrected chi connectivity index (χ4v) is 8.81. The van der Waals surface area contributed by atoms with Crippen molar-refractivity contribution in [3.63, 3.8) is 0 Å². The highest BCUT2D eigenvalue weighted by Gasteiger charge is 2.25. The Hall–Kier alpha value is -9.08. The molecule has 15 nitrogen and oxygen atoms in total. The average Bonchev–Trinajstić information content (AvgIpc) is 3.91. The number of nitrogens with two attached hydrogens (primary N) is 2.